The van der Waals surface area contributed by atoms with Gasteiger partial charge in [-0.25, -0.2) is 8.78 Å². The number of aryl methyl sites for hydroxylation is 2. The van der Waals surface area contributed by atoms with Crippen LogP contribution in [0.25, 0.3) is 51.4 Å². The zero-order valence-corrected chi connectivity index (χ0v) is 36.9. The Morgan fingerprint density at radius 1 is 0.473 bits per heavy atom. The Bertz CT molecular complexity index is 1850. The van der Waals surface area contributed by atoms with Gasteiger partial charge in [0.15, 0.2) is 11.6 Å². The van der Waals surface area contributed by atoms with E-state index >= 15 is 8.78 Å². The zero-order chi connectivity index (χ0) is 38.2. The Morgan fingerprint density at radius 3 is 1.18 bits per heavy atom. The van der Waals surface area contributed by atoms with Gasteiger partial charge in [-0.2, -0.15) is 8.75 Å². The first kappa shape index (κ1) is 42.3. The van der Waals surface area contributed by atoms with Crippen molar-refractivity contribution < 1.29 is 8.78 Å². The molecule has 6 aromatic rings. The monoisotopic (exact) mass is 836 g/mol. The van der Waals surface area contributed by atoms with Crippen molar-refractivity contribution in [2.75, 3.05) is 0 Å². The van der Waals surface area contributed by atoms with Gasteiger partial charge in [-0.15, -0.1) is 45.3 Å². The molecule has 0 atom stereocenters. The van der Waals surface area contributed by atoms with E-state index < -0.39 is 11.6 Å². The number of nitrogens with zero attached hydrogens (tertiary/aromatic N) is 2. The topological polar surface area (TPSA) is 25.8 Å². The van der Waals surface area contributed by atoms with Gasteiger partial charge >= 0.3 is 0 Å². The molecule has 5 aromatic heterocycles. The fourth-order valence-corrected chi connectivity index (χ4v) is 12.5. The average molecular weight is 837 g/mol. The lowest BCUT2D eigenvalue weighted by Crippen LogP contribution is -1.95. The summed E-state index contributed by atoms with van der Waals surface area (Å²) in [7, 11) is 0. The van der Waals surface area contributed by atoms with Gasteiger partial charge in [0.2, 0.25) is 0 Å². The van der Waals surface area contributed by atoms with Crippen LogP contribution in [0.3, 0.4) is 0 Å². The van der Waals surface area contributed by atoms with E-state index in [-0.39, 0.29) is 11.1 Å². The van der Waals surface area contributed by atoms with Gasteiger partial charge in [0.05, 0.1) is 22.9 Å². The average Bonchev–Trinajstić information content (AvgIpc) is 4.04. The van der Waals surface area contributed by atoms with Crippen molar-refractivity contribution in [1.82, 2.24) is 8.75 Å². The minimum absolute atomic E-state index is 0.253. The summed E-state index contributed by atoms with van der Waals surface area (Å²) in [5, 5.41) is 4.18. The van der Waals surface area contributed by atoms with Crippen LogP contribution < -0.4 is 0 Å². The SMILES string of the molecule is CCCCCCCCCCCCc1cc(-c2c(F)c(F)c(-c3cc(CCCCCCCCCCCC)c(-c4cccs4)s3)c3nsnc23)sc1-c1cccs1. The minimum atomic E-state index is -0.818. The molecule has 0 saturated heterocycles. The van der Waals surface area contributed by atoms with Crippen LogP contribution in [0.1, 0.15) is 153 Å². The second kappa shape index (κ2) is 22.6. The van der Waals surface area contributed by atoms with Gasteiger partial charge < -0.3 is 0 Å². The van der Waals surface area contributed by atoms with Crippen LogP contribution in [0.4, 0.5) is 8.78 Å². The van der Waals surface area contributed by atoms with Gasteiger partial charge in [-0.1, -0.05) is 142 Å². The smallest absolute Gasteiger partial charge is 0.170 e. The van der Waals surface area contributed by atoms with Crippen molar-refractivity contribution in [3.8, 4) is 40.4 Å². The van der Waals surface area contributed by atoms with Crippen molar-refractivity contribution in [3.05, 3.63) is 69.9 Å². The van der Waals surface area contributed by atoms with E-state index in [0.29, 0.717) is 11.0 Å². The highest BCUT2D eigenvalue weighted by Crippen LogP contribution is 2.48. The standard InChI is InChI=1S/C46H58F2N2S5/c1-3-5-7-9-11-13-15-17-19-21-25-33-31-37(53-45(33)35-27-23-29-51-35)39-41(47)42(48)40(44-43(39)49-55-50-44)38-32-34(46(54-38)36-28-24-30-52-36)26-22-20-18-16-14-12-10-8-6-4-2/h23-24,27-32H,3-22,25-26H2,1-2H3. The van der Waals surface area contributed by atoms with Crippen LogP contribution in [0.5, 0.6) is 0 Å². The summed E-state index contributed by atoms with van der Waals surface area (Å²) in [6.07, 6.45) is 27.6. The van der Waals surface area contributed by atoms with Gasteiger partial charge in [0.1, 0.15) is 11.0 Å². The van der Waals surface area contributed by atoms with Crippen LogP contribution in [-0.4, -0.2) is 8.75 Å². The van der Waals surface area contributed by atoms with Crippen molar-refractivity contribution in [3.63, 3.8) is 0 Å². The van der Waals surface area contributed by atoms with E-state index in [4.69, 9.17) is 0 Å². The second-order valence-electron chi connectivity index (χ2n) is 15.1. The third-order valence-corrected chi connectivity index (χ3v) is 15.8. The Kier molecular flexibility index (Phi) is 17.4. The summed E-state index contributed by atoms with van der Waals surface area (Å²) in [4.78, 5) is 6.15. The maximum absolute atomic E-state index is 16.6. The van der Waals surface area contributed by atoms with Gasteiger partial charge in [0, 0.05) is 29.3 Å². The number of halogens is 2. The molecule has 0 radical (unpaired) electrons. The largest absolute Gasteiger partial charge is 0.203 e. The molecular formula is C46H58F2N2S5. The van der Waals surface area contributed by atoms with E-state index in [1.54, 1.807) is 45.3 Å². The van der Waals surface area contributed by atoms with E-state index in [9.17, 15) is 0 Å². The normalized spacial score (nSPS) is 11.8. The third kappa shape index (κ3) is 11.4. The van der Waals surface area contributed by atoms with Gasteiger partial charge in [-0.3, -0.25) is 0 Å². The molecule has 5 heterocycles. The summed E-state index contributed by atoms with van der Waals surface area (Å²) in [5.74, 6) is -1.64. The van der Waals surface area contributed by atoms with Crippen molar-refractivity contribution in [2.45, 2.75) is 155 Å². The highest BCUT2D eigenvalue weighted by atomic mass is 32.1. The number of rotatable bonds is 26. The molecule has 0 unspecified atom stereocenters. The molecule has 0 aliphatic rings. The van der Waals surface area contributed by atoms with Crippen LogP contribution >= 0.6 is 57.1 Å². The highest BCUT2D eigenvalue weighted by molar-refractivity contribution is 7.24. The molecule has 9 heteroatoms. The van der Waals surface area contributed by atoms with E-state index in [2.05, 4.69) is 69.8 Å². The lowest BCUT2D eigenvalue weighted by molar-refractivity contribution is 0.516. The van der Waals surface area contributed by atoms with Crippen LogP contribution in [0, 0.1) is 11.6 Å². The molecule has 0 fully saturated rings. The molecule has 6 rings (SSSR count). The summed E-state index contributed by atoms with van der Waals surface area (Å²) >= 11 is 7.58. The molecule has 1 aromatic carbocycles. The summed E-state index contributed by atoms with van der Waals surface area (Å²) in [6.45, 7) is 4.53. The Morgan fingerprint density at radius 2 is 0.836 bits per heavy atom. The molecule has 296 valence electrons. The van der Waals surface area contributed by atoms with E-state index in [1.165, 1.54) is 136 Å². The summed E-state index contributed by atoms with van der Waals surface area (Å²) in [6, 6.07) is 12.6. The molecule has 0 saturated carbocycles. The Balaban J connectivity index is 1.19. The molecular weight excluding hydrogens is 779 g/mol. The number of fused-ring (bicyclic) bond motifs is 1. The van der Waals surface area contributed by atoms with Crippen LogP contribution in [-0.2, 0) is 12.8 Å². The van der Waals surface area contributed by atoms with E-state index in [0.717, 1.165) is 56.9 Å². The van der Waals surface area contributed by atoms with Crippen molar-refractivity contribution in [1.29, 1.82) is 0 Å². The molecule has 55 heavy (non-hydrogen) atoms. The predicted octanol–water partition coefficient (Wildman–Crippen LogP) is 17.8. The Labute approximate surface area is 348 Å². The first-order chi connectivity index (χ1) is 27.1. The third-order valence-electron chi connectivity index (χ3n) is 10.8. The number of thiophene rings is 4. The zero-order valence-electron chi connectivity index (χ0n) is 32.9. The molecule has 0 amide bonds. The number of benzene rings is 1. The second-order valence-corrected chi connectivity index (χ2v) is 19.6. The fourth-order valence-electron chi connectivity index (χ4n) is 7.71. The molecule has 0 aliphatic carbocycles. The first-order valence-corrected chi connectivity index (χ1v) is 25.2. The van der Waals surface area contributed by atoms with Crippen LogP contribution in [0.2, 0.25) is 0 Å². The molecule has 2 nitrogen and oxygen atoms in total. The Hall–Kier alpha value is -2.30. The molecule has 0 aliphatic heterocycles. The summed E-state index contributed by atoms with van der Waals surface area (Å²) in [5.41, 5.74) is 3.87. The van der Waals surface area contributed by atoms with Crippen molar-refractivity contribution >= 4 is 68.1 Å². The predicted molar refractivity (Wildman–Crippen MR) is 242 cm³/mol. The maximum atomic E-state index is 16.6. The van der Waals surface area contributed by atoms with Crippen LogP contribution in [0.15, 0.2) is 47.2 Å². The number of aromatic nitrogens is 2. The number of hydrogen-bond acceptors (Lipinski definition) is 7. The lowest BCUT2D eigenvalue weighted by atomic mass is 10.00. The quantitative estimate of drug-likeness (QED) is 0.0509. The van der Waals surface area contributed by atoms with Gasteiger partial charge in [0.25, 0.3) is 0 Å². The first-order valence-electron chi connectivity index (χ1n) is 21.1. The molecule has 0 bridgehead atoms. The number of hydrogen-bond donors (Lipinski definition) is 0. The van der Waals surface area contributed by atoms with Gasteiger partial charge in [-0.05, 0) is 71.8 Å². The maximum Gasteiger partial charge on any atom is 0.170 e. The van der Waals surface area contributed by atoms with E-state index in [1.807, 2.05) is 0 Å². The minimum Gasteiger partial charge on any atom is -0.203 e. The number of unbranched alkanes of at least 4 members (excludes halogenated alkanes) is 18. The molecule has 0 N–H and O–H groups in total. The van der Waals surface area contributed by atoms with Crippen molar-refractivity contribution in [2.24, 2.45) is 0 Å². The molecule has 0 spiro atoms. The highest BCUT2D eigenvalue weighted by Gasteiger charge is 2.28. The fraction of sp³-hybridized carbons (Fsp3) is 0.522. The lowest BCUT2D eigenvalue weighted by Gasteiger charge is -2.08. The summed E-state index contributed by atoms with van der Waals surface area (Å²) < 4.78 is 42.6.